The van der Waals surface area contributed by atoms with Crippen LogP contribution < -0.4 is 5.73 Å². The van der Waals surface area contributed by atoms with Gasteiger partial charge in [0.25, 0.3) is 0 Å². The van der Waals surface area contributed by atoms with Crippen molar-refractivity contribution >= 4 is 10.8 Å². The van der Waals surface area contributed by atoms with E-state index in [0.29, 0.717) is 6.54 Å². The zero-order chi connectivity index (χ0) is 9.97. The highest BCUT2D eigenvalue weighted by Crippen LogP contribution is 2.16. The molecular weight excluding hydrogens is 174 g/mol. The Morgan fingerprint density at radius 2 is 2.21 bits per heavy atom. The summed E-state index contributed by atoms with van der Waals surface area (Å²) in [5.74, 6) is 0. The average molecular weight is 187 g/mol. The summed E-state index contributed by atoms with van der Waals surface area (Å²) in [7, 11) is 0. The Morgan fingerprint density at radius 3 is 3.00 bits per heavy atom. The van der Waals surface area contributed by atoms with Crippen LogP contribution in [0, 0.1) is 6.92 Å². The molecule has 0 fully saturated rings. The Kier molecular flexibility index (Phi) is 2.41. The number of fused-ring (bicyclic) bond motifs is 1. The van der Waals surface area contributed by atoms with E-state index in [1.54, 1.807) is 0 Å². The maximum Gasteiger partial charge on any atom is 0.0509 e. The van der Waals surface area contributed by atoms with Gasteiger partial charge < -0.3 is 5.73 Å². The normalized spacial score (nSPS) is 10.7. The van der Waals surface area contributed by atoms with Crippen molar-refractivity contribution < 1.29 is 0 Å². The fourth-order valence-corrected chi connectivity index (χ4v) is 1.57. The first-order valence-corrected chi connectivity index (χ1v) is 4.71. The highest BCUT2D eigenvalue weighted by atomic mass is 14.7. The van der Waals surface area contributed by atoms with Gasteiger partial charge in [-0.15, -0.1) is 0 Å². The van der Waals surface area contributed by atoms with Crippen LogP contribution in [-0.4, -0.2) is 16.5 Å². The molecule has 0 bridgehead atoms. The van der Waals surface area contributed by atoms with Gasteiger partial charge in [-0.1, -0.05) is 0 Å². The van der Waals surface area contributed by atoms with Crippen LogP contribution in [0.1, 0.15) is 11.4 Å². The van der Waals surface area contributed by atoms with Gasteiger partial charge in [-0.05, 0) is 31.0 Å². The number of aryl methyl sites for hydroxylation is 1. The van der Waals surface area contributed by atoms with Gasteiger partial charge >= 0.3 is 0 Å². The van der Waals surface area contributed by atoms with Crippen LogP contribution in [0.2, 0.25) is 0 Å². The molecular formula is C11H13N3. The van der Waals surface area contributed by atoms with Crippen LogP contribution in [0.4, 0.5) is 0 Å². The molecule has 0 amide bonds. The molecule has 0 saturated heterocycles. The highest BCUT2D eigenvalue weighted by Gasteiger charge is 2.01. The maximum atomic E-state index is 5.52. The zero-order valence-electron chi connectivity index (χ0n) is 8.20. The summed E-state index contributed by atoms with van der Waals surface area (Å²) in [4.78, 5) is 8.58. The van der Waals surface area contributed by atoms with E-state index in [1.807, 2.05) is 25.4 Å². The van der Waals surface area contributed by atoms with Gasteiger partial charge in [-0.3, -0.25) is 9.97 Å². The van der Waals surface area contributed by atoms with Crippen molar-refractivity contribution in [2.75, 3.05) is 6.54 Å². The standard InChI is InChI=1S/C11H13N3/c1-8-6-9-3-5-13-11(2-4-12)10(9)7-14-8/h3,5-7H,2,4,12H2,1H3. The van der Waals surface area contributed by atoms with Crippen LogP contribution in [0.5, 0.6) is 0 Å². The van der Waals surface area contributed by atoms with E-state index in [-0.39, 0.29) is 0 Å². The smallest absolute Gasteiger partial charge is 0.0509 e. The van der Waals surface area contributed by atoms with Gasteiger partial charge in [0, 0.05) is 29.9 Å². The molecule has 0 aromatic carbocycles. The van der Waals surface area contributed by atoms with Crippen molar-refractivity contribution in [2.24, 2.45) is 5.73 Å². The van der Waals surface area contributed by atoms with Gasteiger partial charge in [-0.2, -0.15) is 0 Å². The number of hydrogen-bond acceptors (Lipinski definition) is 3. The summed E-state index contributed by atoms with van der Waals surface area (Å²) in [5, 5.41) is 2.31. The van der Waals surface area contributed by atoms with E-state index >= 15 is 0 Å². The molecule has 0 aliphatic rings. The molecule has 2 rings (SSSR count). The molecule has 14 heavy (non-hydrogen) atoms. The lowest BCUT2D eigenvalue weighted by atomic mass is 10.1. The van der Waals surface area contributed by atoms with E-state index in [4.69, 9.17) is 5.73 Å². The summed E-state index contributed by atoms with van der Waals surface area (Å²) in [6.45, 7) is 2.61. The minimum atomic E-state index is 0.625. The second kappa shape index (κ2) is 3.72. The maximum absolute atomic E-state index is 5.52. The van der Waals surface area contributed by atoms with Crippen molar-refractivity contribution in [3.8, 4) is 0 Å². The first-order valence-electron chi connectivity index (χ1n) is 4.71. The molecule has 3 heteroatoms. The predicted octanol–water partition coefficient (Wildman–Crippen LogP) is 1.44. The third-order valence-electron chi connectivity index (χ3n) is 2.25. The molecule has 0 spiro atoms. The van der Waals surface area contributed by atoms with Crippen LogP contribution in [-0.2, 0) is 6.42 Å². The number of pyridine rings is 2. The van der Waals surface area contributed by atoms with Crippen LogP contribution >= 0.6 is 0 Å². The summed E-state index contributed by atoms with van der Waals surface area (Å²) in [6.07, 6.45) is 4.51. The van der Waals surface area contributed by atoms with Crippen molar-refractivity contribution in [2.45, 2.75) is 13.3 Å². The number of nitrogens with zero attached hydrogens (tertiary/aromatic N) is 2. The minimum Gasteiger partial charge on any atom is -0.330 e. The van der Waals surface area contributed by atoms with E-state index in [1.165, 1.54) is 5.39 Å². The molecule has 2 heterocycles. The van der Waals surface area contributed by atoms with Gasteiger partial charge in [0.05, 0.1) is 5.69 Å². The SMILES string of the molecule is Cc1cc2ccnc(CCN)c2cn1. The Balaban J connectivity index is 2.62. The van der Waals surface area contributed by atoms with Crippen molar-refractivity contribution in [3.63, 3.8) is 0 Å². The topological polar surface area (TPSA) is 51.8 Å². The van der Waals surface area contributed by atoms with Crippen molar-refractivity contribution in [3.05, 3.63) is 35.9 Å². The first kappa shape index (κ1) is 9.09. The van der Waals surface area contributed by atoms with E-state index in [9.17, 15) is 0 Å². The molecule has 72 valence electrons. The fraction of sp³-hybridized carbons (Fsp3) is 0.273. The molecule has 2 aromatic heterocycles. The number of hydrogen-bond donors (Lipinski definition) is 1. The predicted molar refractivity (Wildman–Crippen MR) is 57.0 cm³/mol. The van der Waals surface area contributed by atoms with E-state index in [0.717, 1.165) is 23.2 Å². The summed E-state index contributed by atoms with van der Waals surface area (Å²) < 4.78 is 0. The average Bonchev–Trinajstić information content (AvgIpc) is 2.18. The first-order chi connectivity index (χ1) is 6.81. The molecule has 0 saturated carbocycles. The number of rotatable bonds is 2. The third-order valence-corrected chi connectivity index (χ3v) is 2.25. The second-order valence-electron chi connectivity index (χ2n) is 3.34. The summed E-state index contributed by atoms with van der Waals surface area (Å²) >= 11 is 0. The third kappa shape index (κ3) is 1.59. The lowest BCUT2D eigenvalue weighted by molar-refractivity contribution is 0.934. The molecule has 2 aromatic rings. The van der Waals surface area contributed by atoms with E-state index < -0.39 is 0 Å². The lowest BCUT2D eigenvalue weighted by Gasteiger charge is -2.03. The molecule has 0 aliphatic carbocycles. The fourth-order valence-electron chi connectivity index (χ4n) is 1.57. The monoisotopic (exact) mass is 187 g/mol. The molecule has 0 unspecified atom stereocenters. The molecule has 2 N–H and O–H groups in total. The molecule has 0 radical (unpaired) electrons. The zero-order valence-corrected chi connectivity index (χ0v) is 8.20. The summed E-state index contributed by atoms with van der Waals surface area (Å²) in [5.41, 5.74) is 7.59. The number of aromatic nitrogens is 2. The number of nitrogens with two attached hydrogens (primary N) is 1. The highest BCUT2D eigenvalue weighted by molar-refractivity contribution is 5.83. The Labute approximate surface area is 83.0 Å². The Morgan fingerprint density at radius 1 is 1.36 bits per heavy atom. The van der Waals surface area contributed by atoms with E-state index in [2.05, 4.69) is 16.0 Å². The Hall–Kier alpha value is -1.48. The van der Waals surface area contributed by atoms with Crippen LogP contribution in [0.25, 0.3) is 10.8 Å². The van der Waals surface area contributed by atoms with Crippen molar-refractivity contribution in [1.29, 1.82) is 0 Å². The molecule has 3 nitrogen and oxygen atoms in total. The van der Waals surface area contributed by atoms with Gasteiger partial charge in [0.1, 0.15) is 0 Å². The van der Waals surface area contributed by atoms with Gasteiger partial charge in [0.2, 0.25) is 0 Å². The molecule has 0 atom stereocenters. The quantitative estimate of drug-likeness (QED) is 0.774. The Bertz CT molecular complexity index is 451. The largest absolute Gasteiger partial charge is 0.330 e. The minimum absolute atomic E-state index is 0.625. The molecule has 0 aliphatic heterocycles. The second-order valence-corrected chi connectivity index (χ2v) is 3.34. The van der Waals surface area contributed by atoms with Gasteiger partial charge in [-0.25, -0.2) is 0 Å². The van der Waals surface area contributed by atoms with Crippen LogP contribution in [0.15, 0.2) is 24.5 Å². The lowest BCUT2D eigenvalue weighted by Crippen LogP contribution is -2.04. The van der Waals surface area contributed by atoms with Crippen molar-refractivity contribution in [1.82, 2.24) is 9.97 Å². The van der Waals surface area contributed by atoms with Crippen LogP contribution in [0.3, 0.4) is 0 Å². The van der Waals surface area contributed by atoms with Gasteiger partial charge in [0.15, 0.2) is 0 Å². The summed E-state index contributed by atoms with van der Waals surface area (Å²) in [6, 6.07) is 4.07.